The molecule has 2 aromatic rings. The van der Waals surface area contributed by atoms with E-state index in [2.05, 4.69) is 15.3 Å². The Balaban J connectivity index is 1.69. The Bertz CT molecular complexity index is 879. The van der Waals surface area contributed by atoms with Gasteiger partial charge < -0.3 is 15.0 Å². The molecule has 0 spiro atoms. The summed E-state index contributed by atoms with van der Waals surface area (Å²) in [4.78, 5) is 36.0. The van der Waals surface area contributed by atoms with Crippen molar-refractivity contribution in [2.45, 2.75) is 12.6 Å². The lowest BCUT2D eigenvalue weighted by atomic mass is 10.2. The van der Waals surface area contributed by atoms with Crippen molar-refractivity contribution in [2.75, 3.05) is 25.6 Å². The zero-order valence-corrected chi connectivity index (χ0v) is 16.2. The number of methoxy groups -OCH3 is 1. The molecule has 3 amide bonds. The number of likely N-dealkylation sites (N-methyl/N-ethyl adjacent to an activating group) is 1. The first-order chi connectivity index (χ1) is 12.9. The number of benzene rings is 1. The summed E-state index contributed by atoms with van der Waals surface area (Å²) in [5.74, 6) is 0.213. The Morgan fingerprint density at radius 1 is 1.37 bits per heavy atom. The monoisotopic (exact) mass is 409 g/mol. The molecule has 3 rings (SSSR count). The summed E-state index contributed by atoms with van der Waals surface area (Å²) in [5, 5.41) is 3.78. The quantitative estimate of drug-likeness (QED) is 0.818. The normalized spacial score (nSPS) is 16.6. The maximum Gasteiger partial charge on any atom is 0.327 e. The van der Waals surface area contributed by atoms with Gasteiger partial charge in [0.05, 0.1) is 13.7 Å². The lowest BCUT2D eigenvalue weighted by molar-refractivity contribution is -0.124. The summed E-state index contributed by atoms with van der Waals surface area (Å²) in [7, 11) is 3.03. The highest BCUT2D eigenvalue weighted by molar-refractivity contribution is 6.35. The molecule has 8 nitrogen and oxygen atoms in total. The molecule has 10 heteroatoms. The second-order valence-electron chi connectivity index (χ2n) is 5.87. The van der Waals surface area contributed by atoms with Crippen molar-refractivity contribution in [3.63, 3.8) is 0 Å². The molecule has 0 saturated carbocycles. The van der Waals surface area contributed by atoms with Crippen molar-refractivity contribution < 1.29 is 14.3 Å². The van der Waals surface area contributed by atoms with Gasteiger partial charge in [0.15, 0.2) is 0 Å². The summed E-state index contributed by atoms with van der Waals surface area (Å²) in [5.41, 5.74) is 0.731. The van der Waals surface area contributed by atoms with Gasteiger partial charge in [-0.25, -0.2) is 9.78 Å². The van der Waals surface area contributed by atoms with Gasteiger partial charge in [-0.15, -0.1) is 0 Å². The van der Waals surface area contributed by atoms with Crippen LogP contribution in [0.15, 0.2) is 30.5 Å². The Hall–Kier alpha value is -2.58. The smallest absolute Gasteiger partial charge is 0.327 e. The zero-order valence-electron chi connectivity index (χ0n) is 14.6. The molecule has 1 aliphatic heterocycles. The lowest BCUT2D eigenvalue weighted by Crippen LogP contribution is -2.43. The predicted octanol–water partition coefficient (Wildman–Crippen LogP) is 2.35. The number of hydrogen-bond donors (Lipinski definition) is 1. The number of aromatic nitrogens is 2. The minimum atomic E-state index is -0.682. The lowest BCUT2D eigenvalue weighted by Gasteiger charge is -2.17. The third-order valence-corrected chi connectivity index (χ3v) is 4.78. The number of nitrogens with zero attached hydrogens (tertiary/aromatic N) is 4. The summed E-state index contributed by atoms with van der Waals surface area (Å²) >= 11 is 12.0. The number of carbonyl (C=O) groups excluding carboxylic acids is 2. The van der Waals surface area contributed by atoms with E-state index in [9.17, 15) is 9.59 Å². The van der Waals surface area contributed by atoms with Gasteiger partial charge in [0, 0.05) is 35.9 Å². The Morgan fingerprint density at radius 3 is 2.85 bits per heavy atom. The maximum absolute atomic E-state index is 12.6. The van der Waals surface area contributed by atoms with Crippen molar-refractivity contribution in [3.8, 4) is 5.88 Å². The molecule has 0 bridgehead atoms. The number of nitrogens with one attached hydrogen (secondary N) is 1. The molecule has 142 valence electrons. The van der Waals surface area contributed by atoms with Crippen molar-refractivity contribution >= 4 is 41.1 Å². The van der Waals surface area contributed by atoms with Crippen LogP contribution in [0, 0.1) is 0 Å². The van der Waals surface area contributed by atoms with E-state index in [0.29, 0.717) is 15.9 Å². The highest BCUT2D eigenvalue weighted by Crippen LogP contribution is 2.23. The highest BCUT2D eigenvalue weighted by Gasteiger charge is 2.41. The number of urea groups is 1. The predicted molar refractivity (Wildman–Crippen MR) is 101 cm³/mol. The largest absolute Gasteiger partial charge is 0.481 e. The van der Waals surface area contributed by atoms with Crippen molar-refractivity contribution in [3.05, 3.63) is 46.1 Å². The molecular weight excluding hydrogens is 393 g/mol. The van der Waals surface area contributed by atoms with E-state index in [1.54, 1.807) is 31.3 Å². The van der Waals surface area contributed by atoms with Gasteiger partial charge in [-0.2, -0.15) is 4.98 Å². The van der Waals surface area contributed by atoms with Gasteiger partial charge in [0.2, 0.25) is 17.7 Å². The van der Waals surface area contributed by atoms with Crippen LogP contribution in [-0.2, 0) is 11.3 Å². The summed E-state index contributed by atoms with van der Waals surface area (Å²) in [6.07, 6.45) is 1.49. The average Bonchev–Trinajstić information content (AvgIpc) is 2.96. The third-order valence-electron chi connectivity index (χ3n) is 4.19. The molecule has 1 saturated heterocycles. The molecule has 1 aromatic heterocycles. The number of carbonyl (C=O) groups is 2. The fourth-order valence-electron chi connectivity index (χ4n) is 2.66. The first-order valence-electron chi connectivity index (χ1n) is 8.03. The van der Waals surface area contributed by atoms with E-state index in [1.165, 1.54) is 23.1 Å². The van der Waals surface area contributed by atoms with Gasteiger partial charge in [0.1, 0.15) is 6.04 Å². The standard InChI is InChI=1S/C17H17Cl2N5O3/c1-23-13(15(25)21-8-10-3-4-11(18)7-12(10)19)9-24(17(23)26)16-20-6-5-14(22-16)27-2/h3-7,13H,8-9H2,1-2H3,(H,21,25). The van der Waals surface area contributed by atoms with Crippen LogP contribution in [-0.4, -0.2) is 53.6 Å². The fraction of sp³-hybridized carbons (Fsp3) is 0.294. The molecule has 1 atom stereocenters. The molecule has 1 N–H and O–H groups in total. The van der Waals surface area contributed by atoms with Crippen LogP contribution in [0.5, 0.6) is 5.88 Å². The fourth-order valence-corrected chi connectivity index (χ4v) is 3.14. The first-order valence-corrected chi connectivity index (χ1v) is 8.79. The molecule has 0 aliphatic carbocycles. The summed E-state index contributed by atoms with van der Waals surface area (Å²) in [6, 6.07) is 5.57. The molecule has 1 aliphatic rings. The van der Waals surface area contributed by atoms with Crippen LogP contribution in [0.3, 0.4) is 0 Å². The summed E-state index contributed by atoms with van der Waals surface area (Å²) in [6.45, 7) is 0.353. The summed E-state index contributed by atoms with van der Waals surface area (Å²) < 4.78 is 5.05. The van der Waals surface area contributed by atoms with E-state index >= 15 is 0 Å². The highest BCUT2D eigenvalue weighted by atomic mass is 35.5. The average molecular weight is 410 g/mol. The van der Waals surface area contributed by atoms with Crippen LogP contribution in [0.2, 0.25) is 10.0 Å². The Kier molecular flexibility index (Phi) is 5.67. The molecule has 1 aromatic carbocycles. The van der Waals surface area contributed by atoms with Crippen molar-refractivity contribution in [1.82, 2.24) is 20.2 Å². The topological polar surface area (TPSA) is 87.7 Å². The van der Waals surface area contributed by atoms with E-state index in [4.69, 9.17) is 27.9 Å². The molecule has 27 heavy (non-hydrogen) atoms. The van der Waals surface area contributed by atoms with Crippen LogP contribution in [0.1, 0.15) is 5.56 Å². The van der Waals surface area contributed by atoms with Crippen LogP contribution < -0.4 is 15.0 Å². The van der Waals surface area contributed by atoms with Gasteiger partial charge in [-0.1, -0.05) is 29.3 Å². The van der Waals surface area contributed by atoms with Gasteiger partial charge in [-0.3, -0.25) is 9.69 Å². The minimum absolute atomic E-state index is 0.128. The number of halogens is 2. The number of amides is 3. The number of hydrogen-bond acceptors (Lipinski definition) is 5. The Labute approximate surface area is 166 Å². The molecule has 1 unspecified atom stereocenters. The molecule has 1 fully saturated rings. The van der Waals surface area contributed by atoms with Crippen LogP contribution in [0.4, 0.5) is 10.7 Å². The van der Waals surface area contributed by atoms with Crippen LogP contribution >= 0.6 is 23.2 Å². The second-order valence-corrected chi connectivity index (χ2v) is 6.72. The first kappa shape index (κ1) is 19.2. The van der Waals surface area contributed by atoms with E-state index < -0.39 is 6.04 Å². The van der Waals surface area contributed by atoms with Crippen LogP contribution in [0.25, 0.3) is 0 Å². The van der Waals surface area contributed by atoms with Gasteiger partial charge in [0.25, 0.3) is 0 Å². The SMILES string of the molecule is COc1ccnc(N2CC(C(=O)NCc3ccc(Cl)cc3Cl)N(C)C2=O)n1. The molecular formula is C17H17Cl2N5O3. The van der Waals surface area contributed by atoms with Crippen molar-refractivity contribution in [1.29, 1.82) is 0 Å². The van der Waals surface area contributed by atoms with Gasteiger partial charge >= 0.3 is 6.03 Å². The van der Waals surface area contributed by atoms with E-state index in [0.717, 1.165) is 5.56 Å². The number of ether oxygens (including phenoxy) is 1. The van der Waals surface area contributed by atoms with E-state index in [1.807, 2.05) is 0 Å². The van der Waals surface area contributed by atoms with E-state index in [-0.39, 0.29) is 31.0 Å². The zero-order chi connectivity index (χ0) is 19.6. The maximum atomic E-state index is 12.6. The number of anilines is 1. The molecule has 2 heterocycles. The Morgan fingerprint density at radius 2 is 2.15 bits per heavy atom. The number of rotatable bonds is 5. The molecule has 0 radical (unpaired) electrons. The van der Waals surface area contributed by atoms with Gasteiger partial charge in [-0.05, 0) is 17.7 Å². The minimum Gasteiger partial charge on any atom is -0.481 e. The van der Waals surface area contributed by atoms with Crippen molar-refractivity contribution in [2.24, 2.45) is 0 Å². The second kappa shape index (κ2) is 7.98. The third kappa shape index (κ3) is 4.06.